The topological polar surface area (TPSA) is 20.3 Å². The number of halogens is 1. The van der Waals surface area contributed by atoms with E-state index in [1.54, 1.807) is 6.92 Å². The number of carbonyl (C=O) groups is 1. The van der Waals surface area contributed by atoms with Gasteiger partial charge in [-0.25, -0.2) is 4.39 Å². The third-order valence-corrected chi connectivity index (χ3v) is 1.34. The summed E-state index contributed by atoms with van der Waals surface area (Å²) in [6, 6.07) is 0. The van der Waals surface area contributed by atoms with E-state index in [9.17, 15) is 9.18 Å². The zero-order chi connectivity index (χ0) is 6.15. The van der Waals surface area contributed by atoms with Crippen LogP contribution in [-0.2, 0) is 4.79 Å². The zero-order valence-electron chi connectivity index (χ0n) is 4.72. The van der Waals surface area contributed by atoms with Crippen LogP contribution < -0.4 is 0 Å². The Morgan fingerprint density at radius 1 is 2.00 bits per heavy atom. The highest BCUT2D eigenvalue weighted by Crippen LogP contribution is 2.18. The van der Waals surface area contributed by atoms with Crippen LogP contribution in [0.5, 0.6) is 0 Å². The molecule has 1 saturated heterocycles. The molecule has 1 heterocycles. The summed E-state index contributed by atoms with van der Waals surface area (Å²) < 4.78 is 12.1. The van der Waals surface area contributed by atoms with Gasteiger partial charge in [0.05, 0.1) is 6.42 Å². The summed E-state index contributed by atoms with van der Waals surface area (Å²) >= 11 is 0. The molecule has 2 nitrogen and oxygen atoms in total. The van der Waals surface area contributed by atoms with Gasteiger partial charge in [-0.15, -0.1) is 0 Å². The lowest BCUT2D eigenvalue weighted by Crippen LogP contribution is -2.49. The molecule has 1 fully saturated rings. The van der Waals surface area contributed by atoms with Gasteiger partial charge >= 0.3 is 0 Å². The van der Waals surface area contributed by atoms with Gasteiger partial charge in [-0.2, -0.15) is 0 Å². The van der Waals surface area contributed by atoms with Crippen molar-refractivity contribution in [2.24, 2.45) is 0 Å². The van der Waals surface area contributed by atoms with Crippen LogP contribution in [0, 0.1) is 0 Å². The standard InChI is InChI=1S/C5H8FNO/c1-2-7-4(6)3-5(7)8/h4H,2-3H2,1H3. The summed E-state index contributed by atoms with van der Waals surface area (Å²) in [5.74, 6) is -0.0694. The van der Waals surface area contributed by atoms with Crippen molar-refractivity contribution >= 4 is 5.91 Å². The molecule has 0 aromatic heterocycles. The third kappa shape index (κ3) is 0.582. The minimum atomic E-state index is -0.993. The number of likely N-dealkylation sites (tertiary alicyclic amines) is 1. The fraction of sp³-hybridized carbons (Fsp3) is 0.800. The van der Waals surface area contributed by atoms with E-state index in [4.69, 9.17) is 0 Å². The first-order valence-electron chi connectivity index (χ1n) is 2.69. The van der Waals surface area contributed by atoms with Crippen LogP contribution in [0.3, 0.4) is 0 Å². The minimum Gasteiger partial charge on any atom is -0.312 e. The largest absolute Gasteiger partial charge is 0.312 e. The first-order chi connectivity index (χ1) is 3.75. The van der Waals surface area contributed by atoms with Crippen molar-refractivity contribution in [2.45, 2.75) is 19.6 Å². The fourth-order valence-corrected chi connectivity index (χ4v) is 0.790. The summed E-state index contributed by atoms with van der Waals surface area (Å²) in [5, 5.41) is 0. The summed E-state index contributed by atoms with van der Waals surface area (Å²) in [4.78, 5) is 11.6. The molecular formula is C5H8FNO. The molecule has 3 heteroatoms. The zero-order valence-corrected chi connectivity index (χ0v) is 4.72. The van der Waals surface area contributed by atoms with Gasteiger partial charge in [0, 0.05) is 6.54 Å². The van der Waals surface area contributed by atoms with E-state index in [1.165, 1.54) is 4.90 Å². The van der Waals surface area contributed by atoms with Gasteiger partial charge in [0.2, 0.25) is 5.91 Å². The smallest absolute Gasteiger partial charge is 0.229 e. The van der Waals surface area contributed by atoms with Gasteiger partial charge in [-0.3, -0.25) is 4.79 Å². The molecule has 0 spiro atoms. The molecule has 0 saturated carbocycles. The van der Waals surface area contributed by atoms with Crippen LogP contribution in [-0.4, -0.2) is 23.6 Å². The minimum absolute atomic E-state index is 0.0694. The highest BCUT2D eigenvalue weighted by atomic mass is 19.1. The lowest BCUT2D eigenvalue weighted by atomic mass is 10.2. The van der Waals surface area contributed by atoms with Crippen molar-refractivity contribution in [2.75, 3.05) is 6.54 Å². The first-order valence-corrected chi connectivity index (χ1v) is 2.69. The van der Waals surface area contributed by atoms with Gasteiger partial charge in [-0.05, 0) is 6.92 Å². The second kappa shape index (κ2) is 1.73. The Hall–Kier alpha value is -0.600. The molecule has 1 rings (SSSR count). The van der Waals surface area contributed by atoms with E-state index in [1.807, 2.05) is 0 Å². The molecule has 46 valence electrons. The third-order valence-electron chi connectivity index (χ3n) is 1.34. The number of β-lactam (4-membered cyclic amide) rings is 1. The maximum Gasteiger partial charge on any atom is 0.229 e. The Morgan fingerprint density at radius 3 is 2.75 bits per heavy atom. The fourth-order valence-electron chi connectivity index (χ4n) is 0.790. The van der Waals surface area contributed by atoms with Crippen molar-refractivity contribution in [1.29, 1.82) is 0 Å². The monoisotopic (exact) mass is 117 g/mol. The Morgan fingerprint density at radius 2 is 2.62 bits per heavy atom. The van der Waals surface area contributed by atoms with Crippen LogP contribution in [0.15, 0.2) is 0 Å². The second-order valence-electron chi connectivity index (χ2n) is 1.82. The van der Waals surface area contributed by atoms with E-state index in [2.05, 4.69) is 0 Å². The van der Waals surface area contributed by atoms with Crippen molar-refractivity contribution in [3.63, 3.8) is 0 Å². The van der Waals surface area contributed by atoms with Crippen molar-refractivity contribution < 1.29 is 9.18 Å². The maximum absolute atomic E-state index is 12.1. The van der Waals surface area contributed by atoms with E-state index in [0.717, 1.165) is 0 Å². The van der Waals surface area contributed by atoms with Gasteiger partial charge in [0.25, 0.3) is 0 Å². The van der Waals surface area contributed by atoms with E-state index < -0.39 is 6.30 Å². The molecule has 0 bridgehead atoms. The molecular weight excluding hydrogens is 109 g/mol. The van der Waals surface area contributed by atoms with Crippen molar-refractivity contribution in [3.05, 3.63) is 0 Å². The Labute approximate surface area is 47.3 Å². The molecule has 0 N–H and O–H groups in total. The average Bonchev–Trinajstić information content (AvgIpc) is 1.67. The molecule has 0 aromatic rings. The number of alkyl halides is 1. The number of rotatable bonds is 1. The summed E-state index contributed by atoms with van der Waals surface area (Å²) in [7, 11) is 0. The highest BCUT2D eigenvalue weighted by Gasteiger charge is 2.34. The van der Waals surface area contributed by atoms with Gasteiger partial charge < -0.3 is 4.90 Å². The van der Waals surface area contributed by atoms with Crippen LogP contribution in [0.1, 0.15) is 13.3 Å². The predicted octanol–water partition coefficient (Wildman–Crippen LogP) is 0.534. The number of amides is 1. The lowest BCUT2D eigenvalue weighted by Gasteiger charge is -2.33. The van der Waals surface area contributed by atoms with E-state index in [-0.39, 0.29) is 12.3 Å². The summed E-state index contributed by atoms with van der Waals surface area (Å²) in [5.41, 5.74) is 0. The predicted molar refractivity (Wildman–Crippen MR) is 26.9 cm³/mol. The first kappa shape index (κ1) is 5.54. The Bertz CT molecular complexity index is 115. The molecule has 1 aliphatic rings. The van der Waals surface area contributed by atoms with Crippen LogP contribution in [0.25, 0.3) is 0 Å². The molecule has 1 aliphatic heterocycles. The number of nitrogens with zero attached hydrogens (tertiary/aromatic N) is 1. The number of hydrogen-bond acceptors (Lipinski definition) is 1. The average molecular weight is 117 g/mol. The van der Waals surface area contributed by atoms with Crippen LogP contribution >= 0.6 is 0 Å². The lowest BCUT2D eigenvalue weighted by molar-refractivity contribution is -0.154. The molecule has 0 aliphatic carbocycles. The Balaban J connectivity index is 2.40. The number of hydrogen-bond donors (Lipinski definition) is 0. The molecule has 0 aromatic carbocycles. The second-order valence-corrected chi connectivity index (χ2v) is 1.82. The summed E-state index contributed by atoms with van der Waals surface area (Å²) in [6.07, 6.45) is -0.902. The molecule has 1 unspecified atom stereocenters. The molecule has 1 atom stereocenters. The maximum atomic E-state index is 12.1. The van der Waals surface area contributed by atoms with Crippen molar-refractivity contribution in [3.8, 4) is 0 Å². The van der Waals surface area contributed by atoms with Crippen LogP contribution in [0.2, 0.25) is 0 Å². The normalized spacial score (nSPS) is 28.0. The van der Waals surface area contributed by atoms with E-state index >= 15 is 0 Å². The molecule has 8 heavy (non-hydrogen) atoms. The van der Waals surface area contributed by atoms with E-state index in [0.29, 0.717) is 6.54 Å². The van der Waals surface area contributed by atoms with Crippen LogP contribution in [0.4, 0.5) is 4.39 Å². The number of carbonyl (C=O) groups excluding carboxylic acids is 1. The SMILES string of the molecule is CCN1C(=O)CC1F. The molecule has 1 amide bonds. The summed E-state index contributed by atoms with van der Waals surface area (Å²) in [6.45, 7) is 2.27. The van der Waals surface area contributed by atoms with Gasteiger partial charge in [0.15, 0.2) is 6.30 Å². The van der Waals surface area contributed by atoms with Crippen molar-refractivity contribution in [1.82, 2.24) is 4.90 Å². The Kier molecular flexibility index (Phi) is 1.19. The highest BCUT2D eigenvalue weighted by molar-refractivity contribution is 5.82. The quantitative estimate of drug-likeness (QED) is 0.362. The van der Waals surface area contributed by atoms with Gasteiger partial charge in [0.1, 0.15) is 0 Å². The van der Waals surface area contributed by atoms with Gasteiger partial charge in [-0.1, -0.05) is 0 Å². The molecule has 0 radical (unpaired) electrons.